The van der Waals surface area contributed by atoms with Gasteiger partial charge in [0, 0.05) is 49.9 Å². The number of fused-ring (bicyclic) bond motifs is 2. The minimum absolute atomic E-state index is 0.0400. The molecule has 4 heterocycles. The second-order valence-electron chi connectivity index (χ2n) is 10.1. The molecule has 0 bridgehead atoms. The molecule has 0 aliphatic carbocycles. The summed E-state index contributed by atoms with van der Waals surface area (Å²) in [6, 6.07) is 5.43. The maximum atomic E-state index is 12.9. The molecule has 3 atom stereocenters. The molecule has 3 aliphatic rings. The molecule has 1 spiro atoms. The molecule has 3 N–H and O–H groups in total. The summed E-state index contributed by atoms with van der Waals surface area (Å²) in [4.78, 5) is 36.9. The number of rotatable bonds is 5. The zero-order valence-corrected chi connectivity index (χ0v) is 23.5. The van der Waals surface area contributed by atoms with Gasteiger partial charge in [-0.1, -0.05) is 19.4 Å². The molecule has 4 rings (SSSR count). The van der Waals surface area contributed by atoms with E-state index in [0.717, 1.165) is 25.9 Å². The Kier molecular flexibility index (Phi) is 11.4. The second kappa shape index (κ2) is 13.5. The zero-order valence-electron chi connectivity index (χ0n) is 22.7. The largest absolute Gasteiger partial charge is 0.490 e. The predicted octanol–water partition coefficient (Wildman–Crippen LogP) is 2.74. The van der Waals surface area contributed by atoms with Crippen molar-refractivity contribution in [3.63, 3.8) is 0 Å². The van der Waals surface area contributed by atoms with E-state index in [0.29, 0.717) is 32.0 Å². The van der Waals surface area contributed by atoms with Crippen LogP contribution in [-0.4, -0.2) is 101 Å². The smallest absolute Gasteiger partial charge is 0.475 e. The first kappa shape index (κ1) is 35.2. The maximum absolute atomic E-state index is 12.9. The normalized spacial score (nSPS) is 23.1. The van der Waals surface area contributed by atoms with Crippen LogP contribution >= 0.6 is 0 Å². The molecule has 42 heavy (non-hydrogen) atoms. The van der Waals surface area contributed by atoms with Gasteiger partial charge in [0.1, 0.15) is 0 Å². The van der Waals surface area contributed by atoms with Gasteiger partial charge in [-0.15, -0.1) is 0 Å². The number of carbonyl (C=O) groups excluding carboxylic acids is 1. The molecule has 0 saturated carbocycles. The van der Waals surface area contributed by atoms with Gasteiger partial charge in [0.15, 0.2) is 5.03 Å². The number of hydrogen-bond acceptors (Lipinski definition) is 7. The van der Waals surface area contributed by atoms with E-state index in [9.17, 15) is 39.6 Å². The summed E-state index contributed by atoms with van der Waals surface area (Å²) in [6.45, 7) is 7.04. The molecule has 0 radical (unpaired) electrons. The quantitative estimate of drug-likeness (QED) is 0.415. The Balaban J connectivity index is 0.000000367. The highest BCUT2D eigenvalue weighted by Crippen LogP contribution is 2.45. The molecular weight excluding hydrogens is 602 g/mol. The number of nitrogens with one attached hydrogen (secondary N) is 1. The molecule has 3 saturated heterocycles. The highest BCUT2D eigenvalue weighted by molar-refractivity contribution is 7.89. The van der Waals surface area contributed by atoms with Crippen molar-refractivity contribution in [2.45, 2.75) is 68.5 Å². The maximum Gasteiger partial charge on any atom is 0.490 e. The third-order valence-electron chi connectivity index (χ3n) is 7.44. The number of amides is 1. The predicted molar refractivity (Wildman–Crippen MR) is 133 cm³/mol. The van der Waals surface area contributed by atoms with Crippen LogP contribution in [0.15, 0.2) is 29.4 Å². The van der Waals surface area contributed by atoms with Gasteiger partial charge >= 0.3 is 24.3 Å². The van der Waals surface area contributed by atoms with E-state index < -0.39 is 34.3 Å². The van der Waals surface area contributed by atoms with Crippen LogP contribution in [0.25, 0.3) is 0 Å². The van der Waals surface area contributed by atoms with Crippen LogP contribution in [-0.2, 0) is 24.4 Å². The van der Waals surface area contributed by atoms with E-state index in [1.807, 2.05) is 0 Å². The van der Waals surface area contributed by atoms with Crippen molar-refractivity contribution < 1.29 is 59.4 Å². The van der Waals surface area contributed by atoms with E-state index in [1.54, 1.807) is 12.1 Å². The Labute approximate surface area is 237 Å². The Morgan fingerprint density at radius 2 is 1.60 bits per heavy atom. The van der Waals surface area contributed by atoms with Gasteiger partial charge in [-0.05, 0) is 38.3 Å². The lowest BCUT2D eigenvalue weighted by molar-refractivity contribution is -0.193. The lowest BCUT2D eigenvalue weighted by Crippen LogP contribution is -2.56. The van der Waals surface area contributed by atoms with Gasteiger partial charge in [0.25, 0.3) is 10.0 Å². The number of aliphatic carboxylic acids is 2. The molecule has 3 aliphatic heterocycles. The van der Waals surface area contributed by atoms with E-state index in [2.05, 4.69) is 29.0 Å². The van der Waals surface area contributed by atoms with Crippen molar-refractivity contribution in [3.05, 3.63) is 24.4 Å². The number of halogens is 6. The molecule has 11 nitrogen and oxygen atoms in total. The average Bonchev–Trinajstić information content (AvgIpc) is 3.45. The van der Waals surface area contributed by atoms with Crippen molar-refractivity contribution in [2.75, 3.05) is 26.2 Å². The van der Waals surface area contributed by atoms with Gasteiger partial charge < -0.3 is 15.5 Å². The first-order chi connectivity index (χ1) is 19.3. The summed E-state index contributed by atoms with van der Waals surface area (Å²) in [6.07, 6.45) is -5.04. The fourth-order valence-electron chi connectivity index (χ4n) is 5.30. The summed E-state index contributed by atoms with van der Waals surface area (Å²) in [5, 5.41) is 17.6. The van der Waals surface area contributed by atoms with Gasteiger partial charge in [-0.3, -0.25) is 9.69 Å². The number of nitrogens with zero attached hydrogens (tertiary/aromatic N) is 3. The van der Waals surface area contributed by atoms with Crippen LogP contribution in [0.2, 0.25) is 0 Å². The number of hydrogen-bond donors (Lipinski definition) is 3. The Morgan fingerprint density at radius 1 is 1.07 bits per heavy atom. The molecule has 1 unspecified atom stereocenters. The van der Waals surface area contributed by atoms with Crippen LogP contribution in [0.1, 0.15) is 39.5 Å². The minimum atomic E-state index is -5.08. The first-order valence-electron chi connectivity index (χ1n) is 12.8. The molecular formula is C24H32F6N4O7S. The highest BCUT2D eigenvalue weighted by atomic mass is 32.2. The molecule has 1 aromatic heterocycles. The third kappa shape index (κ3) is 8.53. The number of carboxylic acid groups (broad SMARTS) is 2. The SMILES string of the molecule is CCCC(C)N1C[C@H]2C(=O)NC3(CCN(S(=O)(=O)c4ccccn4)CC3)[C@H]2C1.O=C(O)C(F)(F)F.O=C(O)C(F)(F)F. The monoisotopic (exact) mass is 634 g/mol. The van der Waals surface area contributed by atoms with Crippen LogP contribution in [0.4, 0.5) is 26.3 Å². The topological polar surface area (TPSA) is 157 Å². The van der Waals surface area contributed by atoms with E-state index in [-0.39, 0.29) is 28.3 Å². The standard InChI is InChI=1S/C20H30N4O3S.2C2HF3O2/c1-3-6-15(2)23-13-16-17(14-23)20(22-19(16)25)8-11-24(12-9-20)28(26,27)18-7-4-5-10-21-18;2*3-2(4,5)1(6)7/h4-5,7,10,15-17H,3,6,8-9,11-14H2,1-2H3,(H,22,25);2*(H,6,7)/t15?,16-,17+;;/m1../s1. The highest BCUT2D eigenvalue weighted by Gasteiger charge is 2.58. The lowest BCUT2D eigenvalue weighted by Gasteiger charge is -2.42. The molecule has 3 fully saturated rings. The Hall–Kier alpha value is -2.99. The van der Waals surface area contributed by atoms with Crippen molar-refractivity contribution in [3.8, 4) is 0 Å². The van der Waals surface area contributed by atoms with Gasteiger partial charge in [-0.2, -0.15) is 30.6 Å². The van der Waals surface area contributed by atoms with Gasteiger partial charge in [-0.25, -0.2) is 23.0 Å². The van der Waals surface area contributed by atoms with E-state index in [4.69, 9.17) is 19.8 Å². The van der Waals surface area contributed by atoms with Crippen molar-refractivity contribution in [1.82, 2.24) is 19.5 Å². The fraction of sp³-hybridized carbons (Fsp3) is 0.667. The summed E-state index contributed by atoms with van der Waals surface area (Å²) in [5.41, 5.74) is -0.265. The van der Waals surface area contributed by atoms with Crippen molar-refractivity contribution >= 4 is 27.9 Å². The number of alkyl halides is 6. The molecule has 1 amide bonds. The summed E-state index contributed by atoms with van der Waals surface area (Å²) in [7, 11) is -3.58. The first-order valence-corrected chi connectivity index (χ1v) is 14.3. The number of pyridine rings is 1. The molecule has 1 aromatic rings. The lowest BCUT2D eigenvalue weighted by atomic mass is 9.76. The Bertz CT molecular complexity index is 1180. The van der Waals surface area contributed by atoms with Crippen LogP contribution in [0.3, 0.4) is 0 Å². The zero-order chi connectivity index (χ0) is 32.1. The number of aromatic nitrogens is 1. The number of piperidine rings is 1. The minimum Gasteiger partial charge on any atom is -0.475 e. The third-order valence-corrected chi connectivity index (χ3v) is 9.25. The Morgan fingerprint density at radius 3 is 2.02 bits per heavy atom. The molecule has 238 valence electrons. The number of sulfonamides is 1. The summed E-state index contributed by atoms with van der Waals surface area (Å²) in [5.74, 6) is -5.05. The van der Waals surface area contributed by atoms with Crippen LogP contribution in [0, 0.1) is 11.8 Å². The van der Waals surface area contributed by atoms with Crippen molar-refractivity contribution in [2.24, 2.45) is 11.8 Å². The van der Waals surface area contributed by atoms with Crippen molar-refractivity contribution in [1.29, 1.82) is 0 Å². The average molecular weight is 635 g/mol. The summed E-state index contributed by atoms with van der Waals surface area (Å²) >= 11 is 0. The summed E-state index contributed by atoms with van der Waals surface area (Å²) < 4.78 is 90.7. The van der Waals surface area contributed by atoms with E-state index in [1.165, 1.54) is 16.6 Å². The molecule has 18 heteroatoms. The van der Waals surface area contributed by atoms with Gasteiger partial charge in [0.2, 0.25) is 5.91 Å². The van der Waals surface area contributed by atoms with Crippen LogP contribution < -0.4 is 5.32 Å². The molecule has 0 aromatic carbocycles. The number of likely N-dealkylation sites (tertiary alicyclic amines) is 1. The number of carboxylic acids is 2. The van der Waals surface area contributed by atoms with E-state index >= 15 is 0 Å². The fourth-order valence-corrected chi connectivity index (χ4v) is 6.68. The number of carbonyl (C=O) groups is 3. The van der Waals surface area contributed by atoms with Gasteiger partial charge in [0.05, 0.1) is 5.92 Å². The second-order valence-corrected chi connectivity index (χ2v) is 12.0. The van der Waals surface area contributed by atoms with Crippen LogP contribution in [0.5, 0.6) is 0 Å².